The second kappa shape index (κ2) is 10.5. The molecule has 8 heteroatoms. The summed E-state index contributed by atoms with van der Waals surface area (Å²) in [4.78, 5) is 12.1. The van der Waals surface area contributed by atoms with E-state index in [1.54, 1.807) is 24.3 Å². The lowest BCUT2D eigenvalue weighted by Crippen LogP contribution is -2.32. The van der Waals surface area contributed by atoms with Crippen LogP contribution in [-0.4, -0.2) is 31.1 Å². The third-order valence-electron chi connectivity index (χ3n) is 5.26. The highest BCUT2D eigenvalue weighted by atomic mass is 32.2. The van der Waals surface area contributed by atoms with Gasteiger partial charge in [0.1, 0.15) is 0 Å². The zero-order valence-electron chi connectivity index (χ0n) is 16.7. The lowest BCUT2D eigenvalue weighted by molar-refractivity contribution is -0.125. The molecule has 158 valence electrons. The topological polar surface area (TPSA) is 102 Å². The van der Waals surface area contributed by atoms with Crippen molar-refractivity contribution in [2.24, 2.45) is 5.92 Å². The number of benzene rings is 1. The van der Waals surface area contributed by atoms with Crippen LogP contribution < -0.4 is 5.32 Å². The molecule has 0 radical (unpaired) electrons. The first-order chi connectivity index (χ1) is 14.0. The van der Waals surface area contributed by atoms with Crippen LogP contribution in [0.15, 0.2) is 40.0 Å². The molecule has 1 aliphatic carbocycles. The molecule has 1 aliphatic rings. The van der Waals surface area contributed by atoms with Crippen molar-refractivity contribution in [1.82, 2.24) is 15.5 Å². The number of hydrogen-bond acceptors (Lipinski definition) is 6. The number of nitrogens with zero attached hydrogens (tertiary/aromatic N) is 2. The first-order valence-corrected chi connectivity index (χ1v) is 12.1. The number of carbonyl (C=O) groups excluding carboxylic acids is 1. The summed E-state index contributed by atoms with van der Waals surface area (Å²) in [6.07, 6.45) is 8.71. The smallest absolute Gasteiger partial charge is 0.335 e. The molecule has 0 spiro atoms. The van der Waals surface area contributed by atoms with Crippen LogP contribution in [0.1, 0.15) is 62.8 Å². The molecule has 1 N–H and O–H groups in total. The van der Waals surface area contributed by atoms with Gasteiger partial charge in [-0.15, -0.1) is 5.10 Å². The number of rotatable bonds is 10. The maximum atomic E-state index is 12.4. The Morgan fingerprint density at radius 1 is 1.03 bits per heavy atom. The molecular weight excluding hydrogens is 390 g/mol. The molecule has 3 rings (SSSR count). The fraction of sp³-hybridized carbons (Fsp3) is 0.571. The van der Waals surface area contributed by atoms with E-state index in [0.29, 0.717) is 24.4 Å². The molecule has 0 aliphatic heterocycles. The zero-order chi connectivity index (χ0) is 20.5. The maximum absolute atomic E-state index is 12.4. The summed E-state index contributed by atoms with van der Waals surface area (Å²) in [6, 6.07) is 8.93. The van der Waals surface area contributed by atoms with Crippen LogP contribution in [0, 0.1) is 5.92 Å². The number of nitrogens with one attached hydrogen (secondary N) is 1. The number of amides is 1. The Balaban J connectivity index is 1.35. The van der Waals surface area contributed by atoms with E-state index >= 15 is 0 Å². The third kappa shape index (κ3) is 6.66. The van der Waals surface area contributed by atoms with E-state index in [-0.39, 0.29) is 22.8 Å². The summed E-state index contributed by atoms with van der Waals surface area (Å²) in [5.41, 5.74) is 0.683. The van der Waals surface area contributed by atoms with E-state index < -0.39 is 9.84 Å². The fourth-order valence-electron chi connectivity index (χ4n) is 3.62. The minimum atomic E-state index is -3.64. The Kier molecular flexibility index (Phi) is 7.80. The minimum Gasteiger partial charge on any atom is -0.413 e. The van der Waals surface area contributed by atoms with E-state index in [1.165, 1.54) is 6.42 Å². The molecule has 0 saturated heterocycles. The summed E-state index contributed by atoms with van der Waals surface area (Å²) < 4.78 is 30.1. The van der Waals surface area contributed by atoms with Gasteiger partial charge in [0.15, 0.2) is 0 Å². The minimum absolute atomic E-state index is 0.157. The monoisotopic (exact) mass is 419 g/mol. The molecule has 7 nitrogen and oxygen atoms in total. The van der Waals surface area contributed by atoms with Crippen LogP contribution in [0.2, 0.25) is 0 Å². The van der Waals surface area contributed by atoms with E-state index in [9.17, 15) is 13.2 Å². The van der Waals surface area contributed by atoms with E-state index in [2.05, 4.69) is 15.5 Å². The predicted molar refractivity (Wildman–Crippen MR) is 109 cm³/mol. The lowest BCUT2D eigenvalue weighted by atomic mass is 9.89. The van der Waals surface area contributed by atoms with Gasteiger partial charge >= 0.3 is 5.22 Å². The van der Waals surface area contributed by atoms with Crippen molar-refractivity contribution in [1.29, 1.82) is 0 Å². The first-order valence-electron chi connectivity index (χ1n) is 10.4. The zero-order valence-corrected chi connectivity index (χ0v) is 17.5. The molecule has 29 heavy (non-hydrogen) atoms. The molecule has 1 aromatic carbocycles. The van der Waals surface area contributed by atoms with Crippen molar-refractivity contribution in [3.63, 3.8) is 0 Å². The first kappa shape index (κ1) is 21.5. The summed E-state index contributed by atoms with van der Waals surface area (Å²) in [5, 5.41) is 10.3. The average molecular weight is 420 g/mol. The molecular formula is C21H29N3O4S. The number of hydrogen-bond donors (Lipinski definition) is 1. The number of carbonyl (C=O) groups is 1. The summed E-state index contributed by atoms with van der Waals surface area (Å²) in [5.74, 6) is 0.562. The molecule has 1 saturated carbocycles. The molecule has 1 fully saturated rings. The fourth-order valence-corrected chi connectivity index (χ4v) is 4.76. The van der Waals surface area contributed by atoms with E-state index in [0.717, 1.165) is 44.9 Å². The summed E-state index contributed by atoms with van der Waals surface area (Å²) in [7, 11) is -3.64. The van der Waals surface area contributed by atoms with Gasteiger partial charge < -0.3 is 9.73 Å². The normalized spacial score (nSPS) is 15.3. The van der Waals surface area contributed by atoms with Crippen LogP contribution in [-0.2, 0) is 26.8 Å². The Morgan fingerprint density at radius 3 is 2.55 bits per heavy atom. The largest absolute Gasteiger partial charge is 0.413 e. The second-order valence-electron chi connectivity index (χ2n) is 7.64. The Labute approximate surface area is 172 Å². The van der Waals surface area contributed by atoms with Crippen molar-refractivity contribution in [3.05, 3.63) is 41.8 Å². The molecule has 1 amide bonds. The SMILES string of the molecule is O=C(NCCCCCc1nnc(S(=O)(=O)Cc2ccccc2)o1)C1CCCCC1. The highest BCUT2D eigenvalue weighted by Crippen LogP contribution is 2.23. The number of aryl methyl sites for hydroxylation is 1. The van der Waals surface area contributed by atoms with Gasteiger partial charge in [0.2, 0.25) is 21.6 Å². The van der Waals surface area contributed by atoms with Gasteiger partial charge in [0.05, 0.1) is 5.75 Å². The Morgan fingerprint density at radius 2 is 1.79 bits per heavy atom. The van der Waals surface area contributed by atoms with Crippen LogP contribution in [0.25, 0.3) is 0 Å². The second-order valence-corrected chi connectivity index (χ2v) is 9.51. The highest BCUT2D eigenvalue weighted by Gasteiger charge is 2.23. The lowest BCUT2D eigenvalue weighted by Gasteiger charge is -2.20. The predicted octanol–water partition coefficient (Wildman–Crippen LogP) is 3.45. The van der Waals surface area contributed by atoms with Gasteiger partial charge in [-0.1, -0.05) is 61.1 Å². The van der Waals surface area contributed by atoms with E-state index in [4.69, 9.17) is 4.42 Å². The van der Waals surface area contributed by atoms with Crippen LogP contribution in [0.5, 0.6) is 0 Å². The molecule has 0 unspecified atom stereocenters. The Bertz CT molecular complexity index is 874. The highest BCUT2D eigenvalue weighted by molar-refractivity contribution is 7.90. The molecule has 1 aromatic heterocycles. The summed E-state index contributed by atoms with van der Waals surface area (Å²) >= 11 is 0. The standard InChI is InChI=1S/C21H29N3O4S/c25-20(18-12-6-2-7-13-18)22-15-9-3-8-14-19-23-24-21(28-19)29(26,27)16-17-10-4-1-5-11-17/h1,4-5,10-11,18H,2-3,6-9,12-16H2,(H,22,25). The van der Waals surface area contributed by atoms with E-state index in [1.807, 2.05) is 6.07 Å². The van der Waals surface area contributed by atoms with Gasteiger partial charge in [-0.2, -0.15) is 0 Å². The van der Waals surface area contributed by atoms with Crippen molar-refractivity contribution in [3.8, 4) is 0 Å². The van der Waals surface area contributed by atoms with Gasteiger partial charge in [0.25, 0.3) is 0 Å². The maximum Gasteiger partial charge on any atom is 0.335 e. The van der Waals surface area contributed by atoms with Crippen molar-refractivity contribution >= 4 is 15.7 Å². The number of unbranched alkanes of at least 4 members (excludes halogenated alkanes) is 2. The van der Waals surface area contributed by atoms with Gasteiger partial charge in [-0.25, -0.2) is 8.42 Å². The molecule has 1 heterocycles. The molecule has 2 aromatic rings. The summed E-state index contributed by atoms with van der Waals surface area (Å²) in [6.45, 7) is 0.676. The van der Waals surface area contributed by atoms with Crippen molar-refractivity contribution in [2.45, 2.75) is 68.8 Å². The van der Waals surface area contributed by atoms with Crippen LogP contribution >= 0.6 is 0 Å². The van der Waals surface area contributed by atoms with Crippen molar-refractivity contribution < 1.29 is 17.6 Å². The van der Waals surface area contributed by atoms with Crippen molar-refractivity contribution in [2.75, 3.05) is 6.54 Å². The number of aromatic nitrogens is 2. The Hall–Kier alpha value is -2.22. The van der Waals surface area contributed by atoms with Crippen LogP contribution in [0.4, 0.5) is 0 Å². The molecule has 0 atom stereocenters. The van der Waals surface area contributed by atoms with Gasteiger partial charge in [0, 0.05) is 18.9 Å². The van der Waals surface area contributed by atoms with Crippen LogP contribution in [0.3, 0.4) is 0 Å². The van der Waals surface area contributed by atoms with Gasteiger partial charge in [-0.05, 0) is 31.2 Å². The average Bonchev–Trinajstić information content (AvgIpc) is 3.21. The third-order valence-corrected chi connectivity index (χ3v) is 6.67. The molecule has 0 bridgehead atoms. The number of sulfone groups is 1. The van der Waals surface area contributed by atoms with Gasteiger partial charge in [-0.3, -0.25) is 4.79 Å². The quantitative estimate of drug-likeness (QED) is 0.592.